The Morgan fingerprint density at radius 3 is 2.38 bits per heavy atom. The minimum Gasteiger partial charge on any atom is -0.314 e. The van der Waals surface area contributed by atoms with E-state index >= 15 is 0 Å². The molecule has 1 aromatic carbocycles. The van der Waals surface area contributed by atoms with E-state index in [2.05, 4.69) is 10.2 Å². The monoisotopic (exact) mass is 298 g/mol. The van der Waals surface area contributed by atoms with Crippen molar-refractivity contribution in [2.45, 2.75) is 44.2 Å². The summed E-state index contributed by atoms with van der Waals surface area (Å²) in [5.74, 6) is -3.58. The first-order valence-corrected chi connectivity index (χ1v) is 7.70. The van der Waals surface area contributed by atoms with Crippen molar-refractivity contribution in [3.63, 3.8) is 0 Å². The fourth-order valence-corrected chi connectivity index (χ4v) is 3.75. The van der Waals surface area contributed by atoms with Crippen LogP contribution in [0, 0.1) is 17.5 Å². The van der Waals surface area contributed by atoms with Crippen molar-refractivity contribution in [3.8, 4) is 0 Å². The summed E-state index contributed by atoms with van der Waals surface area (Å²) in [6, 6.07) is 2.24. The second-order valence-electron chi connectivity index (χ2n) is 6.26. The molecular weight excluding hydrogens is 277 g/mol. The van der Waals surface area contributed by atoms with Crippen LogP contribution in [0.15, 0.2) is 12.1 Å². The standard InChI is InChI=1S/C16H21F3N2/c17-13-8-12(9-14(18)15(13)19)10-21-7-6-20-11-16(21)4-2-1-3-5-16/h8-9,20H,1-7,10-11H2. The van der Waals surface area contributed by atoms with Crippen molar-refractivity contribution in [2.75, 3.05) is 19.6 Å². The van der Waals surface area contributed by atoms with Gasteiger partial charge in [-0.1, -0.05) is 19.3 Å². The van der Waals surface area contributed by atoms with Crippen LogP contribution in [0.1, 0.15) is 37.7 Å². The molecule has 1 N–H and O–H groups in total. The number of hydrogen-bond acceptors (Lipinski definition) is 2. The fraction of sp³-hybridized carbons (Fsp3) is 0.625. The summed E-state index contributed by atoms with van der Waals surface area (Å²) in [5.41, 5.74) is 0.607. The molecule has 1 spiro atoms. The van der Waals surface area contributed by atoms with Gasteiger partial charge in [-0.25, -0.2) is 13.2 Å². The summed E-state index contributed by atoms with van der Waals surface area (Å²) >= 11 is 0. The highest BCUT2D eigenvalue weighted by molar-refractivity contribution is 5.20. The summed E-state index contributed by atoms with van der Waals surface area (Å²) < 4.78 is 39.8. The van der Waals surface area contributed by atoms with Crippen LogP contribution in [0.3, 0.4) is 0 Å². The number of hydrogen-bond donors (Lipinski definition) is 1. The van der Waals surface area contributed by atoms with E-state index in [0.29, 0.717) is 12.1 Å². The first kappa shape index (κ1) is 14.9. The van der Waals surface area contributed by atoms with E-state index < -0.39 is 17.5 Å². The zero-order chi connectivity index (χ0) is 14.9. The molecule has 0 atom stereocenters. The van der Waals surface area contributed by atoms with E-state index in [0.717, 1.165) is 44.6 Å². The van der Waals surface area contributed by atoms with E-state index in [1.54, 1.807) is 0 Å². The summed E-state index contributed by atoms with van der Waals surface area (Å²) in [6.45, 7) is 3.16. The maximum atomic E-state index is 13.4. The van der Waals surface area contributed by atoms with Crippen molar-refractivity contribution in [1.82, 2.24) is 10.2 Å². The van der Waals surface area contributed by atoms with Crippen molar-refractivity contribution in [1.29, 1.82) is 0 Å². The third kappa shape index (κ3) is 2.94. The molecule has 5 heteroatoms. The average molecular weight is 298 g/mol. The molecule has 2 fully saturated rings. The molecule has 0 radical (unpaired) electrons. The topological polar surface area (TPSA) is 15.3 Å². The van der Waals surface area contributed by atoms with Crippen molar-refractivity contribution in [2.24, 2.45) is 0 Å². The number of rotatable bonds is 2. The summed E-state index contributed by atoms with van der Waals surface area (Å²) in [5, 5.41) is 3.44. The van der Waals surface area contributed by atoms with Crippen LogP contribution in [-0.4, -0.2) is 30.1 Å². The molecule has 3 rings (SSSR count). The van der Waals surface area contributed by atoms with Crippen molar-refractivity contribution >= 4 is 0 Å². The van der Waals surface area contributed by atoms with Crippen LogP contribution in [0.4, 0.5) is 13.2 Å². The molecule has 0 unspecified atom stereocenters. The Labute approximate surface area is 123 Å². The Morgan fingerprint density at radius 1 is 1.05 bits per heavy atom. The van der Waals surface area contributed by atoms with Gasteiger partial charge in [0.1, 0.15) is 0 Å². The van der Waals surface area contributed by atoms with Crippen LogP contribution in [0.25, 0.3) is 0 Å². The molecule has 1 aliphatic heterocycles. The number of halogens is 3. The van der Waals surface area contributed by atoms with Gasteiger partial charge < -0.3 is 5.32 Å². The molecule has 1 aliphatic carbocycles. The van der Waals surface area contributed by atoms with Gasteiger partial charge in [-0.15, -0.1) is 0 Å². The molecule has 2 nitrogen and oxygen atoms in total. The smallest absolute Gasteiger partial charge is 0.194 e. The number of piperazine rings is 1. The van der Waals surface area contributed by atoms with E-state index in [4.69, 9.17) is 0 Å². The second kappa shape index (κ2) is 5.97. The fourth-order valence-electron chi connectivity index (χ4n) is 3.75. The quantitative estimate of drug-likeness (QED) is 0.844. The van der Waals surface area contributed by atoms with E-state index in [-0.39, 0.29) is 5.54 Å². The lowest BCUT2D eigenvalue weighted by Gasteiger charge is -2.50. The molecule has 1 heterocycles. The van der Waals surface area contributed by atoms with Gasteiger partial charge in [0.2, 0.25) is 0 Å². The lowest BCUT2D eigenvalue weighted by Crippen LogP contribution is -2.61. The zero-order valence-electron chi connectivity index (χ0n) is 12.1. The van der Waals surface area contributed by atoms with Gasteiger partial charge in [0, 0.05) is 31.7 Å². The predicted octanol–water partition coefficient (Wildman–Crippen LogP) is 3.21. The Kier molecular flexibility index (Phi) is 4.22. The molecule has 1 saturated carbocycles. The number of nitrogens with one attached hydrogen (secondary N) is 1. The molecule has 1 saturated heterocycles. The van der Waals surface area contributed by atoms with Gasteiger partial charge in [0.25, 0.3) is 0 Å². The minimum absolute atomic E-state index is 0.0951. The van der Waals surface area contributed by atoms with Gasteiger partial charge in [0.05, 0.1) is 0 Å². The summed E-state index contributed by atoms with van der Waals surface area (Å²) in [4.78, 5) is 2.33. The van der Waals surface area contributed by atoms with Crippen LogP contribution < -0.4 is 5.32 Å². The molecular formula is C16H21F3N2. The molecule has 0 bridgehead atoms. The van der Waals surface area contributed by atoms with Gasteiger partial charge in [0.15, 0.2) is 17.5 Å². The molecule has 116 valence electrons. The first-order chi connectivity index (χ1) is 10.1. The largest absolute Gasteiger partial charge is 0.314 e. The van der Waals surface area contributed by atoms with Gasteiger partial charge in [-0.2, -0.15) is 0 Å². The van der Waals surface area contributed by atoms with E-state index in [9.17, 15) is 13.2 Å². The average Bonchev–Trinajstić information content (AvgIpc) is 2.48. The summed E-state index contributed by atoms with van der Waals surface area (Å²) in [7, 11) is 0. The third-order valence-corrected chi connectivity index (χ3v) is 4.88. The maximum Gasteiger partial charge on any atom is 0.194 e. The normalized spacial score (nSPS) is 22.6. The lowest BCUT2D eigenvalue weighted by molar-refractivity contribution is 0.0207. The predicted molar refractivity (Wildman–Crippen MR) is 75.4 cm³/mol. The van der Waals surface area contributed by atoms with Crippen LogP contribution in [0.2, 0.25) is 0 Å². The second-order valence-corrected chi connectivity index (χ2v) is 6.26. The SMILES string of the molecule is Fc1cc(CN2CCNCC23CCCCC3)cc(F)c1F. The first-order valence-electron chi connectivity index (χ1n) is 7.70. The van der Waals surface area contributed by atoms with Crippen LogP contribution in [0.5, 0.6) is 0 Å². The molecule has 0 amide bonds. The third-order valence-electron chi connectivity index (χ3n) is 4.88. The Balaban J connectivity index is 1.81. The summed E-state index contributed by atoms with van der Waals surface area (Å²) in [6.07, 6.45) is 5.89. The Hall–Kier alpha value is -1.07. The maximum absolute atomic E-state index is 13.4. The van der Waals surface area contributed by atoms with Crippen molar-refractivity contribution < 1.29 is 13.2 Å². The number of benzene rings is 1. The molecule has 0 aromatic heterocycles. The minimum atomic E-state index is -1.38. The molecule has 2 aliphatic rings. The Bertz CT molecular complexity index is 481. The molecule has 21 heavy (non-hydrogen) atoms. The van der Waals surface area contributed by atoms with E-state index in [1.807, 2.05) is 0 Å². The van der Waals surface area contributed by atoms with Crippen LogP contribution in [-0.2, 0) is 6.54 Å². The Morgan fingerprint density at radius 2 is 1.71 bits per heavy atom. The molecule has 1 aromatic rings. The van der Waals surface area contributed by atoms with Gasteiger partial charge in [-0.3, -0.25) is 4.90 Å². The van der Waals surface area contributed by atoms with E-state index in [1.165, 1.54) is 19.3 Å². The zero-order valence-corrected chi connectivity index (χ0v) is 12.1. The number of nitrogens with zero attached hydrogens (tertiary/aromatic N) is 1. The highest BCUT2D eigenvalue weighted by atomic mass is 19.2. The highest BCUT2D eigenvalue weighted by Gasteiger charge is 2.39. The highest BCUT2D eigenvalue weighted by Crippen LogP contribution is 2.35. The van der Waals surface area contributed by atoms with Crippen molar-refractivity contribution in [3.05, 3.63) is 35.1 Å². The lowest BCUT2D eigenvalue weighted by atomic mass is 9.79. The van der Waals surface area contributed by atoms with Gasteiger partial charge >= 0.3 is 0 Å². The van der Waals surface area contributed by atoms with Gasteiger partial charge in [-0.05, 0) is 30.5 Å². The van der Waals surface area contributed by atoms with Crippen LogP contribution >= 0.6 is 0 Å².